The van der Waals surface area contributed by atoms with Crippen LogP contribution >= 0.6 is 11.3 Å². The van der Waals surface area contributed by atoms with Gasteiger partial charge in [0.1, 0.15) is 18.1 Å². The number of thiazole rings is 1. The Bertz CT molecular complexity index is 1440. The van der Waals surface area contributed by atoms with E-state index in [1.807, 2.05) is 63.5 Å². The minimum Gasteiger partial charge on any atom is -0.481 e. The predicted octanol–water partition coefficient (Wildman–Crippen LogP) is 4.59. The molecule has 230 valence electrons. The maximum absolute atomic E-state index is 14.0. The Balaban J connectivity index is 1.26. The molecule has 0 spiro atoms. The molecular formula is C32H40N4O6S. The summed E-state index contributed by atoms with van der Waals surface area (Å²) in [5.74, 6) is -1.92. The molecule has 11 heteroatoms. The minimum absolute atomic E-state index is 0.0771. The van der Waals surface area contributed by atoms with E-state index in [0.717, 1.165) is 27.4 Å². The van der Waals surface area contributed by atoms with Crippen LogP contribution in [-0.4, -0.2) is 69.7 Å². The average Bonchev–Trinajstić information content (AvgIpc) is 3.73. The van der Waals surface area contributed by atoms with Gasteiger partial charge in [-0.2, -0.15) is 0 Å². The Hall–Kier alpha value is -3.70. The number of nitrogens with zero attached hydrogens (tertiary/aromatic N) is 3. The molecule has 2 aliphatic rings. The molecule has 2 saturated heterocycles. The number of carboxylic acids is 1. The number of aliphatic carboxylic acids is 1. The van der Waals surface area contributed by atoms with Gasteiger partial charge in [-0.25, -0.2) is 4.98 Å². The van der Waals surface area contributed by atoms with Crippen molar-refractivity contribution in [3.05, 3.63) is 59.1 Å². The highest BCUT2D eigenvalue weighted by atomic mass is 32.1. The van der Waals surface area contributed by atoms with Crippen molar-refractivity contribution >= 4 is 34.8 Å². The van der Waals surface area contributed by atoms with Crippen LogP contribution in [-0.2, 0) is 14.4 Å². The number of nitrogens with one attached hydrogen (secondary N) is 1. The molecular weight excluding hydrogens is 568 g/mol. The van der Waals surface area contributed by atoms with Gasteiger partial charge in [0, 0.05) is 32.1 Å². The molecule has 1 aromatic carbocycles. The molecule has 0 unspecified atom stereocenters. The molecule has 10 nitrogen and oxygen atoms in total. The fourth-order valence-corrected chi connectivity index (χ4v) is 6.98. The van der Waals surface area contributed by atoms with Gasteiger partial charge < -0.3 is 29.7 Å². The summed E-state index contributed by atoms with van der Waals surface area (Å²) in [4.78, 5) is 47.8. The second kappa shape index (κ2) is 12.9. The first-order valence-electron chi connectivity index (χ1n) is 14.9. The van der Waals surface area contributed by atoms with Crippen molar-refractivity contribution in [1.82, 2.24) is 15.2 Å². The number of hydrogen-bond acceptors (Lipinski definition) is 8. The average molecular weight is 609 g/mol. The number of aryl methyl sites for hydroxylation is 1. The molecule has 0 aliphatic carbocycles. The Kier molecular flexibility index (Phi) is 9.22. The van der Waals surface area contributed by atoms with E-state index in [-0.39, 0.29) is 42.7 Å². The first-order chi connectivity index (χ1) is 20.5. The number of aliphatic hydroxyl groups excluding tert-OH is 1. The zero-order valence-corrected chi connectivity index (χ0v) is 25.8. The monoisotopic (exact) mass is 608 g/mol. The molecule has 0 saturated carbocycles. The Morgan fingerprint density at radius 3 is 2.42 bits per heavy atom. The largest absolute Gasteiger partial charge is 0.481 e. The van der Waals surface area contributed by atoms with Gasteiger partial charge in [0.05, 0.1) is 45.8 Å². The number of hydrogen-bond donors (Lipinski definition) is 3. The van der Waals surface area contributed by atoms with E-state index in [2.05, 4.69) is 15.2 Å². The van der Waals surface area contributed by atoms with Gasteiger partial charge in [-0.15, -0.1) is 11.3 Å². The summed E-state index contributed by atoms with van der Waals surface area (Å²) < 4.78 is 5.91. The van der Waals surface area contributed by atoms with Crippen molar-refractivity contribution < 1.29 is 29.0 Å². The van der Waals surface area contributed by atoms with Gasteiger partial charge in [0.15, 0.2) is 0 Å². The number of piperidine rings is 1. The lowest BCUT2D eigenvalue weighted by Gasteiger charge is -2.31. The summed E-state index contributed by atoms with van der Waals surface area (Å²) in [6.07, 6.45) is 2.09. The van der Waals surface area contributed by atoms with Crippen LogP contribution in [0.2, 0.25) is 0 Å². The smallest absolute Gasteiger partial charge is 0.306 e. The molecule has 4 atom stereocenters. The maximum atomic E-state index is 14.0. The van der Waals surface area contributed by atoms with E-state index in [9.17, 15) is 24.6 Å². The van der Waals surface area contributed by atoms with Gasteiger partial charge >= 0.3 is 5.97 Å². The summed E-state index contributed by atoms with van der Waals surface area (Å²) in [6, 6.07) is 8.77. The molecule has 2 aromatic heterocycles. The van der Waals surface area contributed by atoms with E-state index in [1.165, 1.54) is 4.90 Å². The number of carbonyl (C=O) groups is 3. The third kappa shape index (κ3) is 6.62. The van der Waals surface area contributed by atoms with Crippen molar-refractivity contribution in [2.45, 2.75) is 71.1 Å². The second-order valence-corrected chi connectivity index (χ2v) is 12.9. The first kappa shape index (κ1) is 30.7. The number of benzene rings is 1. The Morgan fingerprint density at radius 1 is 1.12 bits per heavy atom. The van der Waals surface area contributed by atoms with Gasteiger partial charge in [0.25, 0.3) is 0 Å². The molecule has 2 fully saturated rings. The van der Waals surface area contributed by atoms with Crippen LogP contribution in [0.25, 0.3) is 10.4 Å². The maximum Gasteiger partial charge on any atom is 0.306 e. The van der Waals surface area contributed by atoms with Gasteiger partial charge in [-0.1, -0.05) is 38.1 Å². The lowest BCUT2D eigenvalue weighted by molar-refractivity contribution is -0.142. The van der Waals surface area contributed by atoms with Crippen LogP contribution in [0.1, 0.15) is 69.0 Å². The van der Waals surface area contributed by atoms with Crippen LogP contribution < -0.4 is 10.2 Å². The van der Waals surface area contributed by atoms with Gasteiger partial charge in [-0.3, -0.25) is 14.4 Å². The topological polar surface area (TPSA) is 136 Å². The van der Waals surface area contributed by atoms with Gasteiger partial charge in [0.2, 0.25) is 11.8 Å². The van der Waals surface area contributed by atoms with Crippen LogP contribution in [0, 0.1) is 18.8 Å². The summed E-state index contributed by atoms with van der Waals surface area (Å²) in [7, 11) is 0. The summed E-state index contributed by atoms with van der Waals surface area (Å²) in [5.41, 5.74) is 5.63. The Morgan fingerprint density at radius 2 is 1.81 bits per heavy atom. The number of aromatic nitrogens is 1. The summed E-state index contributed by atoms with van der Waals surface area (Å²) >= 11 is 1.59. The summed E-state index contributed by atoms with van der Waals surface area (Å²) in [6.45, 7) is 9.03. The quantitative estimate of drug-likeness (QED) is 0.321. The van der Waals surface area contributed by atoms with Crippen molar-refractivity contribution in [2.24, 2.45) is 11.8 Å². The van der Waals surface area contributed by atoms with Crippen LogP contribution in [0.4, 0.5) is 5.69 Å². The molecule has 2 aliphatic heterocycles. The second-order valence-electron chi connectivity index (χ2n) is 12.0. The van der Waals surface area contributed by atoms with E-state index >= 15 is 0 Å². The van der Waals surface area contributed by atoms with Crippen molar-refractivity contribution in [3.63, 3.8) is 0 Å². The highest BCUT2D eigenvalue weighted by Gasteiger charge is 2.43. The fraction of sp³-hybridized carbons (Fsp3) is 0.500. The number of aliphatic hydroxyl groups is 1. The first-order valence-corrected chi connectivity index (χ1v) is 15.8. The summed E-state index contributed by atoms with van der Waals surface area (Å²) in [5, 5.41) is 22.9. The lowest BCUT2D eigenvalue weighted by Crippen LogP contribution is -2.48. The Labute approximate surface area is 255 Å². The zero-order valence-electron chi connectivity index (χ0n) is 25.0. The standard InChI is InChI=1S/C32H40N4O6S/c1-18(2)28(27-13-24(16-42-27)35-11-9-23(10-12-35)32(40)41)31(39)36-15-25(37)14-26(36)30(38)34-19(3)21-5-7-22(8-6-21)29-20(4)33-17-43-29/h5-8,13,16-19,23,25-26,28,37H,9-12,14-15H2,1-4H3,(H,34,38)(H,40,41)/t19-,25+,26-,28+/m0/s1. The number of furan rings is 1. The molecule has 4 heterocycles. The van der Waals surface area contributed by atoms with Crippen molar-refractivity contribution in [1.29, 1.82) is 0 Å². The van der Waals surface area contributed by atoms with E-state index in [4.69, 9.17) is 4.42 Å². The molecule has 2 amide bonds. The van der Waals surface area contributed by atoms with Crippen LogP contribution in [0.15, 0.2) is 46.5 Å². The van der Waals surface area contributed by atoms with E-state index in [0.29, 0.717) is 31.7 Å². The number of β-amino-alcohol motifs (C(OH)–C–C–N with tert-alkyl or cyclic N) is 1. The molecule has 5 rings (SSSR count). The van der Waals surface area contributed by atoms with Crippen molar-refractivity contribution in [2.75, 3.05) is 24.5 Å². The number of carboxylic acid groups (broad SMARTS) is 1. The molecule has 0 radical (unpaired) electrons. The predicted molar refractivity (Wildman–Crippen MR) is 164 cm³/mol. The number of likely N-dealkylation sites (tertiary alicyclic amines) is 1. The zero-order chi connectivity index (χ0) is 30.8. The lowest BCUT2D eigenvalue weighted by atomic mass is 9.91. The normalized spacial score (nSPS) is 20.8. The number of anilines is 1. The molecule has 43 heavy (non-hydrogen) atoms. The third-order valence-electron chi connectivity index (χ3n) is 8.70. The number of rotatable bonds is 9. The van der Waals surface area contributed by atoms with Crippen molar-refractivity contribution in [3.8, 4) is 10.4 Å². The highest BCUT2D eigenvalue weighted by Crippen LogP contribution is 2.35. The van der Waals surface area contributed by atoms with Crippen LogP contribution in [0.5, 0.6) is 0 Å². The fourth-order valence-electron chi connectivity index (χ4n) is 6.17. The minimum atomic E-state index is -0.799. The third-order valence-corrected chi connectivity index (χ3v) is 9.67. The van der Waals surface area contributed by atoms with E-state index < -0.39 is 24.0 Å². The molecule has 3 aromatic rings. The van der Waals surface area contributed by atoms with E-state index in [1.54, 1.807) is 17.6 Å². The molecule has 3 N–H and O–H groups in total. The number of amides is 2. The highest BCUT2D eigenvalue weighted by molar-refractivity contribution is 7.13. The SMILES string of the molecule is Cc1ncsc1-c1ccc([C@H](C)NC(=O)[C@@H]2C[C@@H](O)CN2C(=O)[C@@H](c2cc(N3CCC(C(=O)O)CC3)co2)C(C)C)cc1. The molecule has 0 bridgehead atoms. The van der Waals surface area contributed by atoms with Crippen LogP contribution in [0.3, 0.4) is 0 Å². The van der Waals surface area contributed by atoms with Gasteiger partial charge in [-0.05, 0) is 43.7 Å². The number of carbonyl (C=O) groups excluding carboxylic acids is 2.